The minimum atomic E-state index is 0.1000. The molecule has 0 bridgehead atoms. The van der Waals surface area contributed by atoms with E-state index in [1.807, 2.05) is 35.6 Å². The van der Waals surface area contributed by atoms with Gasteiger partial charge in [-0.25, -0.2) is 0 Å². The summed E-state index contributed by atoms with van der Waals surface area (Å²) in [4.78, 5) is 14.2. The molecule has 4 heteroatoms. The highest BCUT2D eigenvalue weighted by molar-refractivity contribution is 5.93. The van der Waals surface area contributed by atoms with Crippen molar-refractivity contribution in [2.45, 2.75) is 26.3 Å². The van der Waals surface area contributed by atoms with Crippen LogP contribution in [0.15, 0.2) is 12.1 Å². The topological polar surface area (TPSA) is 51.3 Å². The van der Waals surface area contributed by atoms with Crippen LogP contribution in [0.4, 0.5) is 0 Å². The highest BCUT2D eigenvalue weighted by atomic mass is 16.2. The minimum Gasteiger partial charge on any atom is -0.344 e. The number of aromatic nitrogens is 1. The quantitative estimate of drug-likeness (QED) is 0.793. The van der Waals surface area contributed by atoms with Crippen molar-refractivity contribution < 1.29 is 4.79 Å². The molecule has 0 saturated carbocycles. The van der Waals surface area contributed by atoms with E-state index in [1.165, 1.54) is 0 Å². The first-order valence-corrected chi connectivity index (χ1v) is 6.18. The lowest BCUT2D eigenvalue weighted by Crippen LogP contribution is -2.50. The molecule has 1 fully saturated rings. The van der Waals surface area contributed by atoms with Crippen LogP contribution in [-0.4, -0.2) is 34.5 Å². The third kappa shape index (κ3) is 2.22. The van der Waals surface area contributed by atoms with Crippen LogP contribution in [0.1, 0.15) is 29.5 Å². The molecular formula is C13H21N3O. The van der Waals surface area contributed by atoms with Crippen molar-refractivity contribution in [1.82, 2.24) is 9.47 Å². The molecule has 1 aromatic heterocycles. The van der Waals surface area contributed by atoms with E-state index in [0.29, 0.717) is 12.5 Å². The first kappa shape index (κ1) is 12.2. The van der Waals surface area contributed by atoms with Gasteiger partial charge >= 0.3 is 0 Å². The summed E-state index contributed by atoms with van der Waals surface area (Å²) in [5.74, 6) is 0.608. The average molecular weight is 235 g/mol. The zero-order valence-corrected chi connectivity index (χ0v) is 10.8. The Morgan fingerprint density at radius 2 is 2.18 bits per heavy atom. The highest BCUT2D eigenvalue weighted by Crippen LogP contribution is 2.18. The number of hydrogen-bond donors (Lipinski definition) is 1. The molecule has 0 aromatic carbocycles. The molecule has 1 amide bonds. The number of amides is 1. The third-order valence-corrected chi connectivity index (χ3v) is 3.90. The molecule has 0 radical (unpaired) electrons. The van der Waals surface area contributed by atoms with Crippen LogP contribution in [0.25, 0.3) is 0 Å². The maximum atomic E-state index is 12.3. The van der Waals surface area contributed by atoms with Gasteiger partial charge in [0.25, 0.3) is 5.91 Å². The van der Waals surface area contributed by atoms with E-state index in [9.17, 15) is 4.79 Å². The number of piperidine rings is 1. The van der Waals surface area contributed by atoms with Gasteiger partial charge < -0.3 is 15.2 Å². The molecule has 2 atom stereocenters. The van der Waals surface area contributed by atoms with E-state index in [0.717, 1.165) is 24.4 Å². The minimum absolute atomic E-state index is 0.1000. The van der Waals surface area contributed by atoms with Crippen LogP contribution >= 0.6 is 0 Å². The second-order valence-electron chi connectivity index (χ2n) is 5.10. The number of carbonyl (C=O) groups is 1. The number of nitrogens with zero attached hydrogens (tertiary/aromatic N) is 2. The zero-order valence-electron chi connectivity index (χ0n) is 10.8. The fourth-order valence-electron chi connectivity index (χ4n) is 2.27. The van der Waals surface area contributed by atoms with Gasteiger partial charge in [-0.05, 0) is 31.4 Å². The van der Waals surface area contributed by atoms with Crippen LogP contribution < -0.4 is 5.73 Å². The highest BCUT2D eigenvalue weighted by Gasteiger charge is 2.27. The van der Waals surface area contributed by atoms with Gasteiger partial charge in [0.2, 0.25) is 0 Å². The van der Waals surface area contributed by atoms with Crippen LogP contribution in [0.3, 0.4) is 0 Å². The fourth-order valence-corrected chi connectivity index (χ4v) is 2.27. The average Bonchev–Trinajstić information content (AvgIpc) is 2.63. The molecule has 2 N–H and O–H groups in total. The Bertz CT molecular complexity index is 424. The van der Waals surface area contributed by atoms with Crippen molar-refractivity contribution >= 4 is 5.91 Å². The Balaban J connectivity index is 2.13. The van der Waals surface area contributed by atoms with E-state index in [1.54, 1.807) is 0 Å². The molecule has 2 heterocycles. The van der Waals surface area contributed by atoms with Crippen LogP contribution in [0.2, 0.25) is 0 Å². The molecule has 1 aliphatic rings. The number of carbonyl (C=O) groups excluding carboxylic acids is 1. The Morgan fingerprint density at radius 3 is 2.71 bits per heavy atom. The molecule has 1 saturated heterocycles. The van der Waals surface area contributed by atoms with Gasteiger partial charge in [-0.15, -0.1) is 0 Å². The van der Waals surface area contributed by atoms with Crippen LogP contribution in [0.5, 0.6) is 0 Å². The summed E-state index contributed by atoms with van der Waals surface area (Å²) in [5.41, 5.74) is 7.88. The van der Waals surface area contributed by atoms with Crippen molar-refractivity contribution in [1.29, 1.82) is 0 Å². The molecule has 4 nitrogen and oxygen atoms in total. The predicted octanol–water partition coefficient (Wildman–Crippen LogP) is 1.14. The van der Waals surface area contributed by atoms with Gasteiger partial charge in [-0.3, -0.25) is 4.79 Å². The van der Waals surface area contributed by atoms with E-state index in [4.69, 9.17) is 5.73 Å². The SMILES string of the molecule is Cc1ccc(C(=O)N2CCC(C)C(N)C2)n1C. The molecule has 1 aromatic rings. The van der Waals surface area contributed by atoms with Crippen molar-refractivity contribution in [2.24, 2.45) is 18.7 Å². The van der Waals surface area contributed by atoms with E-state index >= 15 is 0 Å². The Kier molecular flexibility index (Phi) is 3.24. The molecule has 17 heavy (non-hydrogen) atoms. The fraction of sp³-hybridized carbons (Fsp3) is 0.615. The predicted molar refractivity (Wildman–Crippen MR) is 67.8 cm³/mol. The third-order valence-electron chi connectivity index (χ3n) is 3.90. The van der Waals surface area contributed by atoms with Gasteiger partial charge in [-0.1, -0.05) is 6.92 Å². The van der Waals surface area contributed by atoms with Crippen molar-refractivity contribution in [3.8, 4) is 0 Å². The second-order valence-corrected chi connectivity index (χ2v) is 5.10. The van der Waals surface area contributed by atoms with E-state index in [2.05, 4.69) is 6.92 Å². The summed E-state index contributed by atoms with van der Waals surface area (Å²) in [7, 11) is 1.93. The summed E-state index contributed by atoms with van der Waals surface area (Å²) in [6.45, 7) is 5.64. The molecule has 1 aliphatic heterocycles. The maximum absolute atomic E-state index is 12.3. The molecule has 94 valence electrons. The summed E-state index contributed by atoms with van der Waals surface area (Å²) in [5, 5.41) is 0. The molecule has 2 rings (SSSR count). The van der Waals surface area contributed by atoms with Crippen molar-refractivity contribution in [3.05, 3.63) is 23.5 Å². The Morgan fingerprint density at radius 1 is 1.47 bits per heavy atom. The smallest absolute Gasteiger partial charge is 0.270 e. The molecular weight excluding hydrogens is 214 g/mol. The molecule has 0 spiro atoms. The first-order chi connectivity index (χ1) is 8.00. The monoisotopic (exact) mass is 235 g/mol. The van der Waals surface area contributed by atoms with Gasteiger partial charge in [0.1, 0.15) is 5.69 Å². The van der Waals surface area contributed by atoms with Gasteiger partial charge in [0, 0.05) is 31.9 Å². The summed E-state index contributed by atoms with van der Waals surface area (Å²) in [6, 6.07) is 3.97. The lowest BCUT2D eigenvalue weighted by Gasteiger charge is -2.35. The van der Waals surface area contributed by atoms with Gasteiger partial charge in [0.05, 0.1) is 0 Å². The standard InChI is InChI=1S/C13H21N3O/c1-9-6-7-16(8-11(9)14)13(17)12-5-4-10(2)15(12)3/h4-5,9,11H,6-8,14H2,1-3H3. The van der Waals surface area contributed by atoms with Gasteiger partial charge in [0.15, 0.2) is 0 Å². The molecule has 2 unspecified atom stereocenters. The molecule has 0 aliphatic carbocycles. The van der Waals surface area contributed by atoms with Crippen molar-refractivity contribution in [2.75, 3.05) is 13.1 Å². The lowest BCUT2D eigenvalue weighted by molar-refractivity contribution is 0.0662. The lowest BCUT2D eigenvalue weighted by atomic mass is 9.94. The Labute approximate surface area is 102 Å². The van der Waals surface area contributed by atoms with Gasteiger partial charge in [-0.2, -0.15) is 0 Å². The number of nitrogens with two attached hydrogens (primary N) is 1. The largest absolute Gasteiger partial charge is 0.344 e. The normalized spacial score (nSPS) is 25.1. The number of likely N-dealkylation sites (tertiary alicyclic amines) is 1. The zero-order chi connectivity index (χ0) is 12.6. The number of hydrogen-bond acceptors (Lipinski definition) is 2. The summed E-state index contributed by atoms with van der Waals surface area (Å²) in [6.07, 6.45) is 0.996. The summed E-state index contributed by atoms with van der Waals surface area (Å²) < 4.78 is 1.94. The van der Waals surface area contributed by atoms with Crippen LogP contribution in [0, 0.1) is 12.8 Å². The van der Waals surface area contributed by atoms with E-state index in [-0.39, 0.29) is 11.9 Å². The van der Waals surface area contributed by atoms with Crippen LogP contribution in [-0.2, 0) is 7.05 Å². The number of aryl methyl sites for hydroxylation is 1. The summed E-state index contributed by atoms with van der Waals surface area (Å²) >= 11 is 0. The van der Waals surface area contributed by atoms with E-state index < -0.39 is 0 Å². The second kappa shape index (κ2) is 4.53. The van der Waals surface area contributed by atoms with Crippen molar-refractivity contribution in [3.63, 3.8) is 0 Å². The maximum Gasteiger partial charge on any atom is 0.270 e. The Hall–Kier alpha value is -1.29. The first-order valence-electron chi connectivity index (χ1n) is 6.18. The number of rotatable bonds is 1.